The molecule has 2 aromatic carbocycles. The molecular weight excluding hydrogens is 366 g/mol. The summed E-state index contributed by atoms with van der Waals surface area (Å²) in [4.78, 5) is 8.94. The van der Waals surface area contributed by atoms with Crippen molar-refractivity contribution in [1.82, 2.24) is 19.6 Å². The van der Waals surface area contributed by atoms with Gasteiger partial charge in [-0.25, -0.2) is 9.97 Å². The Bertz CT molecular complexity index is 1030. The first-order valence-electron chi connectivity index (χ1n) is 6.50. The Labute approximate surface area is 138 Å². The monoisotopic (exact) mass is 373 g/mol. The molecule has 0 saturated carbocycles. The lowest BCUT2D eigenvalue weighted by Crippen LogP contribution is -2.02. The summed E-state index contributed by atoms with van der Waals surface area (Å²) in [7, 11) is 0. The van der Waals surface area contributed by atoms with Crippen molar-refractivity contribution < 1.29 is 0 Å². The van der Waals surface area contributed by atoms with E-state index in [2.05, 4.69) is 31.0 Å². The van der Waals surface area contributed by atoms with Gasteiger partial charge >= 0.3 is 0 Å². The van der Waals surface area contributed by atoms with Crippen LogP contribution in [0.3, 0.4) is 0 Å². The van der Waals surface area contributed by atoms with Gasteiger partial charge < -0.3 is 5.73 Å². The van der Waals surface area contributed by atoms with Crippen molar-refractivity contribution in [3.05, 3.63) is 52.0 Å². The molecule has 0 aliphatic heterocycles. The second kappa shape index (κ2) is 4.93. The number of nitrogens with zero attached hydrogens (tertiary/aromatic N) is 4. The molecule has 2 N–H and O–H groups in total. The highest BCUT2D eigenvalue weighted by Crippen LogP contribution is 2.30. The minimum absolute atomic E-state index is 0.292. The summed E-state index contributed by atoms with van der Waals surface area (Å²) in [5.74, 6) is 0.808. The predicted molar refractivity (Wildman–Crippen MR) is 90.8 cm³/mol. The molecule has 0 atom stereocenters. The van der Waals surface area contributed by atoms with Gasteiger partial charge in [0.1, 0.15) is 0 Å². The van der Waals surface area contributed by atoms with Crippen LogP contribution in [0.5, 0.6) is 0 Å². The molecule has 108 valence electrons. The van der Waals surface area contributed by atoms with Gasteiger partial charge in [-0.3, -0.25) is 0 Å². The zero-order chi connectivity index (χ0) is 15.3. The minimum Gasteiger partial charge on any atom is -0.368 e. The van der Waals surface area contributed by atoms with Crippen molar-refractivity contribution >= 4 is 50.0 Å². The number of benzene rings is 2. The van der Waals surface area contributed by atoms with Crippen LogP contribution in [0.1, 0.15) is 0 Å². The fourth-order valence-corrected chi connectivity index (χ4v) is 3.12. The molecule has 0 amide bonds. The third-order valence-electron chi connectivity index (χ3n) is 3.38. The fourth-order valence-electron chi connectivity index (χ4n) is 2.36. The lowest BCUT2D eigenvalue weighted by Gasteiger charge is -2.00. The Balaban J connectivity index is 2.05. The molecule has 7 heteroatoms. The molecule has 0 unspecified atom stereocenters. The molecule has 2 heterocycles. The third-order valence-corrected chi connectivity index (χ3v) is 4.18. The molecule has 5 nitrogen and oxygen atoms in total. The molecule has 4 aromatic rings. The van der Waals surface area contributed by atoms with Crippen molar-refractivity contribution in [2.45, 2.75) is 0 Å². The SMILES string of the molecule is Nc1nc2ccccc2c2nc(-c3ccc(Br)cc3Cl)nn12. The van der Waals surface area contributed by atoms with Crippen LogP contribution in [0.15, 0.2) is 46.9 Å². The first-order valence-corrected chi connectivity index (χ1v) is 7.67. The summed E-state index contributed by atoms with van der Waals surface area (Å²) < 4.78 is 2.44. The number of hydrogen-bond acceptors (Lipinski definition) is 4. The highest BCUT2D eigenvalue weighted by atomic mass is 79.9. The van der Waals surface area contributed by atoms with E-state index >= 15 is 0 Å². The van der Waals surface area contributed by atoms with Crippen molar-refractivity contribution in [3.63, 3.8) is 0 Å². The largest absolute Gasteiger partial charge is 0.368 e. The standard InChI is InChI=1S/C15H9BrClN5/c16-8-5-6-9(11(17)7-8)13-20-14-10-3-1-2-4-12(10)19-15(18)22(14)21-13/h1-7H,(H2,18,19). The highest BCUT2D eigenvalue weighted by molar-refractivity contribution is 9.10. The van der Waals surface area contributed by atoms with Gasteiger partial charge in [0.25, 0.3) is 0 Å². The van der Waals surface area contributed by atoms with Gasteiger partial charge in [-0.2, -0.15) is 4.52 Å². The van der Waals surface area contributed by atoms with Crippen LogP contribution in [-0.2, 0) is 0 Å². The number of anilines is 1. The van der Waals surface area contributed by atoms with Gasteiger partial charge in [-0.15, -0.1) is 5.10 Å². The van der Waals surface area contributed by atoms with E-state index < -0.39 is 0 Å². The first kappa shape index (κ1) is 13.5. The average molecular weight is 375 g/mol. The lowest BCUT2D eigenvalue weighted by molar-refractivity contribution is 0.955. The van der Waals surface area contributed by atoms with E-state index in [1.54, 1.807) is 0 Å². The number of nitrogens with two attached hydrogens (primary N) is 1. The molecule has 0 radical (unpaired) electrons. The van der Waals surface area contributed by atoms with Crippen LogP contribution >= 0.6 is 27.5 Å². The first-order chi connectivity index (χ1) is 10.6. The van der Waals surface area contributed by atoms with Crippen LogP contribution in [0.2, 0.25) is 5.02 Å². The summed E-state index contributed by atoms with van der Waals surface area (Å²) >= 11 is 9.67. The second-order valence-corrected chi connectivity index (χ2v) is 6.11. The van der Waals surface area contributed by atoms with Crippen LogP contribution < -0.4 is 5.73 Å². The summed E-state index contributed by atoms with van der Waals surface area (Å²) in [6, 6.07) is 13.3. The maximum Gasteiger partial charge on any atom is 0.223 e. The fraction of sp³-hybridized carbons (Fsp3) is 0. The van der Waals surface area contributed by atoms with Gasteiger partial charge in [-0.1, -0.05) is 39.7 Å². The number of halogens is 2. The second-order valence-electron chi connectivity index (χ2n) is 4.78. The van der Waals surface area contributed by atoms with Gasteiger partial charge in [0.2, 0.25) is 5.95 Å². The van der Waals surface area contributed by atoms with Gasteiger partial charge in [0.15, 0.2) is 11.5 Å². The van der Waals surface area contributed by atoms with Crippen molar-refractivity contribution in [2.24, 2.45) is 0 Å². The Morgan fingerprint density at radius 1 is 1.09 bits per heavy atom. The molecule has 0 aliphatic rings. The summed E-state index contributed by atoms with van der Waals surface area (Å²) in [5.41, 5.74) is 8.18. The molecule has 2 aromatic heterocycles. The quantitative estimate of drug-likeness (QED) is 0.548. The molecule has 22 heavy (non-hydrogen) atoms. The van der Waals surface area contributed by atoms with Crippen LogP contribution in [0.25, 0.3) is 27.9 Å². The zero-order valence-corrected chi connectivity index (χ0v) is 13.5. The summed E-state index contributed by atoms with van der Waals surface area (Å²) in [6.45, 7) is 0. The molecule has 0 saturated heterocycles. The normalized spacial score (nSPS) is 11.4. The van der Waals surface area contributed by atoms with E-state index in [-0.39, 0.29) is 0 Å². The molecule has 0 aliphatic carbocycles. The molecular formula is C15H9BrClN5. The van der Waals surface area contributed by atoms with Gasteiger partial charge in [0.05, 0.1) is 10.5 Å². The smallest absolute Gasteiger partial charge is 0.223 e. The zero-order valence-electron chi connectivity index (χ0n) is 11.2. The third kappa shape index (κ3) is 2.03. The Hall–Kier alpha value is -2.18. The van der Waals surface area contributed by atoms with E-state index in [0.29, 0.717) is 22.4 Å². The van der Waals surface area contributed by atoms with Gasteiger partial charge in [0, 0.05) is 15.4 Å². The van der Waals surface area contributed by atoms with E-state index in [0.717, 1.165) is 20.9 Å². The lowest BCUT2D eigenvalue weighted by atomic mass is 10.2. The molecule has 0 bridgehead atoms. The summed E-state index contributed by atoms with van der Waals surface area (Å²) in [5, 5.41) is 5.90. The van der Waals surface area contributed by atoms with E-state index in [1.807, 2.05) is 42.5 Å². The van der Waals surface area contributed by atoms with Crippen molar-refractivity contribution in [2.75, 3.05) is 5.73 Å². The van der Waals surface area contributed by atoms with Crippen molar-refractivity contribution in [1.29, 1.82) is 0 Å². The maximum atomic E-state index is 6.28. The van der Waals surface area contributed by atoms with E-state index in [4.69, 9.17) is 17.3 Å². The Kier molecular flexibility index (Phi) is 3.02. The van der Waals surface area contributed by atoms with Crippen LogP contribution in [0.4, 0.5) is 5.95 Å². The maximum absolute atomic E-state index is 6.28. The van der Waals surface area contributed by atoms with E-state index in [1.165, 1.54) is 4.52 Å². The van der Waals surface area contributed by atoms with Crippen LogP contribution in [-0.4, -0.2) is 19.6 Å². The number of aromatic nitrogens is 4. The number of hydrogen-bond donors (Lipinski definition) is 1. The minimum atomic E-state index is 0.292. The topological polar surface area (TPSA) is 69.1 Å². The predicted octanol–water partition coefficient (Wildman–Crippen LogP) is 3.94. The number of nitrogen functional groups attached to an aromatic ring is 1. The molecule has 4 rings (SSSR count). The molecule has 0 spiro atoms. The highest BCUT2D eigenvalue weighted by Gasteiger charge is 2.14. The van der Waals surface area contributed by atoms with Crippen LogP contribution in [0, 0.1) is 0 Å². The number of para-hydroxylation sites is 1. The number of rotatable bonds is 1. The summed E-state index contributed by atoms with van der Waals surface area (Å²) in [6.07, 6.45) is 0. The average Bonchev–Trinajstić information content (AvgIpc) is 2.93. The van der Waals surface area contributed by atoms with E-state index in [9.17, 15) is 0 Å². The van der Waals surface area contributed by atoms with Crippen molar-refractivity contribution in [3.8, 4) is 11.4 Å². The number of fused-ring (bicyclic) bond motifs is 3. The van der Waals surface area contributed by atoms with Gasteiger partial charge in [-0.05, 0) is 30.3 Å². The Morgan fingerprint density at radius 2 is 1.91 bits per heavy atom. The Morgan fingerprint density at radius 3 is 2.73 bits per heavy atom. The molecule has 0 fully saturated rings.